The van der Waals surface area contributed by atoms with Crippen LogP contribution in [0.1, 0.15) is 11.1 Å². The van der Waals surface area contributed by atoms with E-state index in [0.717, 1.165) is 60.6 Å². The summed E-state index contributed by atoms with van der Waals surface area (Å²) in [5.41, 5.74) is 2.26. The van der Waals surface area contributed by atoms with Crippen LogP contribution in [0.5, 0.6) is 11.5 Å². The zero-order chi connectivity index (χ0) is 21.9. The number of fused-ring (bicyclic) bond motifs is 1. The first-order chi connectivity index (χ1) is 15.6. The molecule has 0 amide bonds. The molecule has 1 aromatic heterocycles. The fourth-order valence-electron chi connectivity index (χ4n) is 3.91. The highest BCUT2D eigenvalue weighted by Crippen LogP contribution is 2.32. The molecule has 2 aliphatic heterocycles. The Morgan fingerprint density at radius 3 is 2.66 bits per heavy atom. The number of ether oxygens (including phenoxy) is 2. The van der Waals surface area contributed by atoms with Crippen molar-refractivity contribution in [2.45, 2.75) is 13.1 Å². The Bertz CT molecular complexity index is 1110. The second kappa shape index (κ2) is 9.36. The summed E-state index contributed by atoms with van der Waals surface area (Å²) in [4.78, 5) is 4.62. The molecule has 2 aliphatic rings. The van der Waals surface area contributed by atoms with Crippen LogP contribution in [0, 0.1) is 0 Å². The van der Waals surface area contributed by atoms with E-state index < -0.39 is 0 Å². The number of halogens is 1. The summed E-state index contributed by atoms with van der Waals surface area (Å²) < 4.78 is 12.7. The number of aromatic nitrogens is 2. The molecule has 0 atom stereocenters. The first-order valence-corrected chi connectivity index (χ1v) is 11.4. The van der Waals surface area contributed by atoms with Crippen molar-refractivity contribution in [3.63, 3.8) is 0 Å². The van der Waals surface area contributed by atoms with Crippen LogP contribution in [0.2, 0.25) is 5.02 Å². The Morgan fingerprint density at radius 1 is 1.00 bits per heavy atom. The van der Waals surface area contributed by atoms with E-state index >= 15 is 0 Å². The number of hydrogen-bond donors (Lipinski definition) is 1. The maximum Gasteiger partial charge on any atom is 0.231 e. The van der Waals surface area contributed by atoms with Crippen molar-refractivity contribution in [1.82, 2.24) is 19.6 Å². The number of nitrogens with one attached hydrogen (secondary N) is 1. The number of thiocarbonyl (C=S) groups is 1. The molecule has 2 aromatic carbocycles. The minimum atomic E-state index is 0.306. The first kappa shape index (κ1) is 21.1. The van der Waals surface area contributed by atoms with Gasteiger partial charge in [-0.15, -0.1) is 0 Å². The molecule has 3 aromatic rings. The van der Waals surface area contributed by atoms with Gasteiger partial charge in [0.2, 0.25) is 6.79 Å². The van der Waals surface area contributed by atoms with Crippen LogP contribution in [-0.4, -0.2) is 57.7 Å². The molecule has 0 spiro atoms. The van der Waals surface area contributed by atoms with Crippen molar-refractivity contribution >= 4 is 34.7 Å². The smallest absolute Gasteiger partial charge is 0.231 e. The summed E-state index contributed by atoms with van der Waals surface area (Å²) in [7, 11) is 0. The van der Waals surface area contributed by atoms with Crippen molar-refractivity contribution in [1.29, 1.82) is 0 Å². The van der Waals surface area contributed by atoms with Gasteiger partial charge in [0.25, 0.3) is 0 Å². The third-order valence-corrected chi connectivity index (χ3v) is 6.40. The van der Waals surface area contributed by atoms with E-state index in [1.807, 2.05) is 47.3 Å². The van der Waals surface area contributed by atoms with E-state index in [0.29, 0.717) is 18.5 Å². The standard InChI is InChI=1S/C23H24ClN5O2S/c24-19-4-2-1-3-18(19)15-29-8-7-22(26-29)25-23(32)28-11-9-27(10-12-28)14-17-5-6-20-21(13-17)31-16-30-20/h1-8,13H,9-12,14-16H2,(H,25,26,32). The average Bonchev–Trinajstić information content (AvgIpc) is 3.45. The van der Waals surface area contributed by atoms with Gasteiger partial charge in [-0.1, -0.05) is 35.9 Å². The molecule has 32 heavy (non-hydrogen) atoms. The van der Waals surface area contributed by atoms with Gasteiger partial charge in [-0.3, -0.25) is 9.58 Å². The lowest BCUT2D eigenvalue weighted by Gasteiger charge is -2.36. The Hall–Kier alpha value is -2.81. The summed E-state index contributed by atoms with van der Waals surface area (Å²) in [6, 6.07) is 15.9. The van der Waals surface area contributed by atoms with Crippen LogP contribution < -0.4 is 14.8 Å². The van der Waals surface area contributed by atoms with Crippen molar-refractivity contribution in [2.75, 3.05) is 38.3 Å². The zero-order valence-corrected chi connectivity index (χ0v) is 19.1. The molecule has 5 rings (SSSR count). The SMILES string of the molecule is S=C(Nc1ccn(Cc2ccccc2Cl)n1)N1CCN(Cc2ccc3c(c2)OCO3)CC1. The minimum absolute atomic E-state index is 0.306. The molecular formula is C23H24ClN5O2S. The van der Waals surface area contributed by atoms with Gasteiger partial charge in [0.05, 0.1) is 6.54 Å². The van der Waals surface area contributed by atoms with E-state index in [1.165, 1.54) is 5.56 Å². The lowest BCUT2D eigenvalue weighted by Crippen LogP contribution is -2.49. The Kier molecular flexibility index (Phi) is 6.16. The second-order valence-electron chi connectivity index (χ2n) is 7.87. The quantitative estimate of drug-likeness (QED) is 0.570. The van der Waals surface area contributed by atoms with Gasteiger partial charge in [-0.05, 0) is 41.5 Å². The van der Waals surface area contributed by atoms with E-state index in [-0.39, 0.29) is 0 Å². The Morgan fingerprint density at radius 2 is 1.81 bits per heavy atom. The summed E-state index contributed by atoms with van der Waals surface area (Å²) in [5, 5.41) is 9.30. The minimum Gasteiger partial charge on any atom is -0.454 e. The second-order valence-corrected chi connectivity index (χ2v) is 8.66. The van der Waals surface area contributed by atoms with Crippen molar-refractivity contribution in [3.8, 4) is 11.5 Å². The van der Waals surface area contributed by atoms with Crippen molar-refractivity contribution < 1.29 is 9.47 Å². The third kappa shape index (κ3) is 4.82. The monoisotopic (exact) mass is 469 g/mol. The van der Waals surface area contributed by atoms with Gasteiger partial charge in [-0.2, -0.15) is 5.10 Å². The topological polar surface area (TPSA) is 54.8 Å². The van der Waals surface area contributed by atoms with E-state index in [1.54, 1.807) is 0 Å². The van der Waals surface area contributed by atoms with E-state index in [4.69, 9.17) is 33.3 Å². The molecule has 9 heteroatoms. The molecule has 7 nitrogen and oxygen atoms in total. The number of nitrogens with zero attached hydrogens (tertiary/aromatic N) is 4. The summed E-state index contributed by atoms with van der Waals surface area (Å²) >= 11 is 11.9. The summed E-state index contributed by atoms with van der Waals surface area (Å²) in [5.74, 6) is 2.40. The molecule has 1 fully saturated rings. The highest BCUT2D eigenvalue weighted by Gasteiger charge is 2.21. The maximum atomic E-state index is 6.25. The maximum absolute atomic E-state index is 6.25. The Labute approximate surface area is 197 Å². The average molecular weight is 470 g/mol. The lowest BCUT2D eigenvalue weighted by molar-refractivity contribution is 0.173. The van der Waals surface area contributed by atoms with Gasteiger partial charge in [0.15, 0.2) is 22.4 Å². The van der Waals surface area contributed by atoms with Crippen molar-refractivity contribution in [2.24, 2.45) is 0 Å². The zero-order valence-electron chi connectivity index (χ0n) is 17.5. The van der Waals surface area contributed by atoms with Crippen LogP contribution in [-0.2, 0) is 13.1 Å². The van der Waals surface area contributed by atoms with Gasteiger partial charge in [0.1, 0.15) is 0 Å². The van der Waals surface area contributed by atoms with Gasteiger partial charge < -0.3 is 19.7 Å². The molecule has 3 heterocycles. The van der Waals surface area contributed by atoms with E-state index in [9.17, 15) is 0 Å². The van der Waals surface area contributed by atoms with Crippen LogP contribution >= 0.6 is 23.8 Å². The molecule has 1 N–H and O–H groups in total. The third-order valence-electron chi connectivity index (χ3n) is 5.67. The first-order valence-electron chi connectivity index (χ1n) is 10.6. The van der Waals surface area contributed by atoms with Crippen LogP contribution in [0.25, 0.3) is 0 Å². The predicted molar refractivity (Wildman–Crippen MR) is 128 cm³/mol. The molecule has 166 valence electrons. The van der Waals surface area contributed by atoms with Gasteiger partial charge in [-0.25, -0.2) is 0 Å². The highest BCUT2D eigenvalue weighted by molar-refractivity contribution is 7.80. The molecule has 0 unspecified atom stereocenters. The predicted octanol–water partition coefficient (Wildman–Crippen LogP) is 3.83. The van der Waals surface area contributed by atoms with Crippen LogP contribution in [0.15, 0.2) is 54.7 Å². The molecule has 0 aliphatic carbocycles. The van der Waals surface area contributed by atoms with Crippen LogP contribution in [0.4, 0.5) is 5.82 Å². The van der Waals surface area contributed by atoms with E-state index in [2.05, 4.69) is 32.3 Å². The summed E-state index contributed by atoms with van der Waals surface area (Å²) in [6.45, 7) is 5.44. The van der Waals surface area contributed by atoms with Crippen molar-refractivity contribution in [3.05, 3.63) is 70.9 Å². The fourth-order valence-corrected chi connectivity index (χ4v) is 4.40. The summed E-state index contributed by atoms with van der Waals surface area (Å²) in [6.07, 6.45) is 1.93. The molecule has 0 radical (unpaired) electrons. The molecule has 1 saturated heterocycles. The number of benzene rings is 2. The fraction of sp³-hybridized carbons (Fsp3) is 0.304. The largest absolute Gasteiger partial charge is 0.454 e. The van der Waals surface area contributed by atoms with Crippen LogP contribution in [0.3, 0.4) is 0 Å². The number of hydrogen-bond acceptors (Lipinski definition) is 5. The molecular weight excluding hydrogens is 446 g/mol. The van der Waals surface area contributed by atoms with Gasteiger partial charge >= 0.3 is 0 Å². The molecule has 0 bridgehead atoms. The van der Waals surface area contributed by atoms with Gasteiger partial charge in [0, 0.05) is 50.0 Å². The lowest BCUT2D eigenvalue weighted by atomic mass is 10.1. The Balaban J connectivity index is 1.11. The highest BCUT2D eigenvalue weighted by atomic mass is 35.5. The normalized spacial score (nSPS) is 15.7. The number of rotatable bonds is 5. The molecule has 0 saturated carbocycles. The number of anilines is 1. The number of piperazine rings is 1.